The van der Waals surface area contributed by atoms with Gasteiger partial charge in [-0.15, -0.1) is 0 Å². The van der Waals surface area contributed by atoms with Gasteiger partial charge in [-0.25, -0.2) is 9.59 Å². The molecule has 7 nitrogen and oxygen atoms in total. The molecule has 1 aliphatic heterocycles. The van der Waals surface area contributed by atoms with Crippen LogP contribution in [0.15, 0.2) is 0 Å². The SMILES string of the molecule is CCCCC1(N(C)C(N)=O)CCCCN1C(=O)N[C@H](CNC)CC1CCCCC1. The van der Waals surface area contributed by atoms with Gasteiger partial charge in [0.25, 0.3) is 0 Å². The summed E-state index contributed by atoms with van der Waals surface area (Å²) < 4.78 is 0. The first-order valence-electron chi connectivity index (χ1n) is 11.7. The average Bonchev–Trinajstić information content (AvgIpc) is 2.72. The van der Waals surface area contributed by atoms with Crippen molar-refractivity contribution in [2.24, 2.45) is 11.7 Å². The van der Waals surface area contributed by atoms with Gasteiger partial charge in [-0.1, -0.05) is 45.4 Å². The molecule has 0 spiro atoms. The van der Waals surface area contributed by atoms with E-state index in [0.29, 0.717) is 12.5 Å². The van der Waals surface area contributed by atoms with Gasteiger partial charge in [0.15, 0.2) is 0 Å². The predicted molar refractivity (Wildman–Crippen MR) is 118 cm³/mol. The van der Waals surface area contributed by atoms with Crippen LogP contribution < -0.4 is 16.4 Å². The Hall–Kier alpha value is -1.50. The normalized spacial score (nSPS) is 24.2. The Balaban J connectivity index is 2.14. The number of likely N-dealkylation sites (tertiary alicyclic amines) is 1. The molecule has 2 rings (SSSR count). The lowest BCUT2D eigenvalue weighted by Crippen LogP contribution is -2.67. The van der Waals surface area contributed by atoms with Crippen molar-refractivity contribution >= 4 is 12.1 Å². The maximum absolute atomic E-state index is 13.4. The van der Waals surface area contributed by atoms with Gasteiger partial charge in [-0.2, -0.15) is 0 Å². The zero-order valence-electron chi connectivity index (χ0n) is 18.8. The smallest absolute Gasteiger partial charge is 0.319 e. The predicted octanol–water partition coefficient (Wildman–Crippen LogP) is 3.64. The number of primary amides is 1. The van der Waals surface area contributed by atoms with E-state index in [4.69, 9.17) is 5.73 Å². The third-order valence-corrected chi connectivity index (χ3v) is 6.96. The molecule has 0 aromatic heterocycles. The quantitative estimate of drug-likeness (QED) is 0.543. The maximum Gasteiger partial charge on any atom is 0.319 e. The molecule has 0 radical (unpaired) electrons. The molecule has 0 aromatic rings. The minimum atomic E-state index is -0.612. The van der Waals surface area contributed by atoms with Crippen LogP contribution in [0.2, 0.25) is 0 Å². The standard InChI is InChI=1S/C22H43N5O2/c1-4-5-13-22(26(3)20(23)28)14-9-10-15-27(22)21(29)25-19(17-24-2)16-18-11-7-6-8-12-18/h18-19,24H,4-17H2,1-3H3,(H2,23,28)(H,25,29)/t19-,22?/m0/s1. The fourth-order valence-corrected chi connectivity index (χ4v) is 5.27. The van der Waals surface area contributed by atoms with E-state index in [9.17, 15) is 9.59 Å². The fourth-order valence-electron chi connectivity index (χ4n) is 5.27. The largest absolute Gasteiger partial charge is 0.351 e. The lowest BCUT2D eigenvalue weighted by molar-refractivity contribution is -0.0274. The molecule has 1 heterocycles. The van der Waals surface area contributed by atoms with Crippen molar-refractivity contribution in [1.29, 1.82) is 0 Å². The number of urea groups is 2. The first-order chi connectivity index (χ1) is 13.9. The van der Waals surface area contributed by atoms with E-state index >= 15 is 0 Å². The molecule has 2 aliphatic rings. The number of hydrogen-bond acceptors (Lipinski definition) is 3. The Morgan fingerprint density at radius 3 is 2.55 bits per heavy atom. The Labute approximate surface area is 177 Å². The Bertz CT molecular complexity index is 523. The molecule has 1 unspecified atom stereocenters. The monoisotopic (exact) mass is 409 g/mol. The Kier molecular flexibility index (Phi) is 9.53. The molecule has 168 valence electrons. The highest BCUT2D eigenvalue weighted by Gasteiger charge is 2.46. The number of carbonyl (C=O) groups is 2. The van der Waals surface area contributed by atoms with Crippen LogP contribution in [0.1, 0.15) is 84.0 Å². The van der Waals surface area contributed by atoms with E-state index < -0.39 is 11.7 Å². The van der Waals surface area contributed by atoms with E-state index in [1.807, 2.05) is 11.9 Å². The van der Waals surface area contributed by atoms with Gasteiger partial charge in [0.2, 0.25) is 0 Å². The molecule has 29 heavy (non-hydrogen) atoms. The van der Waals surface area contributed by atoms with Crippen LogP contribution in [0.25, 0.3) is 0 Å². The van der Waals surface area contributed by atoms with E-state index in [1.165, 1.54) is 32.1 Å². The van der Waals surface area contributed by atoms with E-state index in [2.05, 4.69) is 17.6 Å². The topological polar surface area (TPSA) is 90.7 Å². The second-order valence-electron chi connectivity index (χ2n) is 9.04. The summed E-state index contributed by atoms with van der Waals surface area (Å²) in [5, 5.41) is 6.55. The van der Waals surface area contributed by atoms with Gasteiger partial charge in [0.1, 0.15) is 5.66 Å². The van der Waals surface area contributed by atoms with Gasteiger partial charge >= 0.3 is 12.1 Å². The van der Waals surface area contributed by atoms with E-state index in [-0.39, 0.29) is 12.1 Å². The first-order valence-corrected chi connectivity index (χ1v) is 11.7. The summed E-state index contributed by atoms with van der Waals surface area (Å²) in [6.07, 6.45) is 13.0. The van der Waals surface area contributed by atoms with Crippen LogP contribution >= 0.6 is 0 Å². The molecule has 4 amide bonds. The average molecular weight is 410 g/mol. The lowest BCUT2D eigenvalue weighted by atomic mass is 9.84. The number of rotatable bonds is 9. The second kappa shape index (κ2) is 11.6. The molecule has 1 aliphatic carbocycles. The molecule has 2 fully saturated rings. The molecular weight excluding hydrogens is 366 g/mol. The minimum absolute atomic E-state index is 0.0510. The number of likely N-dealkylation sites (N-methyl/N-ethyl adjacent to an activating group) is 1. The molecular formula is C22H43N5O2. The number of amides is 4. The van der Waals surface area contributed by atoms with Crippen molar-refractivity contribution in [2.45, 2.75) is 95.7 Å². The van der Waals surface area contributed by atoms with Crippen molar-refractivity contribution in [3.05, 3.63) is 0 Å². The number of piperidine rings is 1. The molecule has 0 aromatic carbocycles. The van der Waals surface area contributed by atoms with Crippen LogP contribution in [-0.4, -0.2) is 60.8 Å². The number of unbranched alkanes of at least 4 members (excludes halogenated alkanes) is 1. The second-order valence-corrected chi connectivity index (χ2v) is 9.04. The van der Waals surface area contributed by atoms with Crippen molar-refractivity contribution < 1.29 is 9.59 Å². The van der Waals surface area contributed by atoms with Crippen molar-refractivity contribution in [3.63, 3.8) is 0 Å². The van der Waals surface area contributed by atoms with Crippen molar-refractivity contribution in [2.75, 3.05) is 27.2 Å². The van der Waals surface area contributed by atoms with Crippen LogP contribution in [0, 0.1) is 5.92 Å². The number of nitrogens with zero attached hydrogens (tertiary/aromatic N) is 2. The first kappa shape index (κ1) is 23.8. The zero-order chi connectivity index (χ0) is 21.3. The molecule has 4 N–H and O–H groups in total. The number of nitrogens with one attached hydrogen (secondary N) is 2. The summed E-state index contributed by atoms with van der Waals surface area (Å²) in [6.45, 7) is 3.57. The summed E-state index contributed by atoms with van der Waals surface area (Å²) in [7, 11) is 3.68. The Morgan fingerprint density at radius 2 is 1.93 bits per heavy atom. The van der Waals surface area contributed by atoms with Gasteiger partial charge in [0, 0.05) is 26.2 Å². The minimum Gasteiger partial charge on any atom is -0.351 e. The highest BCUT2D eigenvalue weighted by molar-refractivity contribution is 5.78. The van der Waals surface area contributed by atoms with Crippen LogP contribution in [0.5, 0.6) is 0 Å². The summed E-state index contributed by atoms with van der Waals surface area (Å²) in [6, 6.07) is -0.403. The molecule has 2 atom stereocenters. The van der Waals surface area contributed by atoms with Gasteiger partial charge in [-0.05, 0) is 51.5 Å². The number of hydrogen-bond donors (Lipinski definition) is 3. The summed E-state index contributed by atoms with van der Waals surface area (Å²) >= 11 is 0. The highest BCUT2D eigenvalue weighted by atomic mass is 16.2. The number of nitrogens with two attached hydrogens (primary N) is 1. The summed E-state index contributed by atoms with van der Waals surface area (Å²) in [4.78, 5) is 29.1. The summed E-state index contributed by atoms with van der Waals surface area (Å²) in [5.74, 6) is 0.696. The van der Waals surface area contributed by atoms with E-state index in [1.54, 1.807) is 11.9 Å². The van der Waals surface area contributed by atoms with Gasteiger partial charge in [0.05, 0.1) is 0 Å². The third-order valence-electron chi connectivity index (χ3n) is 6.96. The van der Waals surface area contributed by atoms with Crippen molar-refractivity contribution in [3.8, 4) is 0 Å². The zero-order valence-corrected chi connectivity index (χ0v) is 18.8. The fraction of sp³-hybridized carbons (Fsp3) is 0.909. The summed E-state index contributed by atoms with van der Waals surface area (Å²) in [5.41, 5.74) is 5.07. The molecule has 7 heteroatoms. The Morgan fingerprint density at radius 1 is 1.21 bits per heavy atom. The number of carbonyl (C=O) groups excluding carboxylic acids is 2. The maximum atomic E-state index is 13.4. The van der Waals surface area contributed by atoms with Crippen LogP contribution in [0.3, 0.4) is 0 Å². The van der Waals surface area contributed by atoms with Gasteiger partial charge < -0.3 is 26.2 Å². The molecule has 1 saturated heterocycles. The molecule has 0 bridgehead atoms. The molecule has 1 saturated carbocycles. The highest BCUT2D eigenvalue weighted by Crippen LogP contribution is 2.36. The third kappa shape index (κ3) is 6.24. The van der Waals surface area contributed by atoms with Crippen LogP contribution in [0.4, 0.5) is 9.59 Å². The van der Waals surface area contributed by atoms with Crippen LogP contribution in [-0.2, 0) is 0 Å². The van der Waals surface area contributed by atoms with E-state index in [0.717, 1.165) is 51.5 Å². The van der Waals surface area contributed by atoms with Crippen molar-refractivity contribution in [1.82, 2.24) is 20.4 Å². The lowest BCUT2D eigenvalue weighted by Gasteiger charge is -2.52. The van der Waals surface area contributed by atoms with Gasteiger partial charge in [-0.3, -0.25) is 0 Å².